The molecule has 372 valence electrons. The van der Waals surface area contributed by atoms with Gasteiger partial charge in [-0.1, -0.05) is 27.7 Å². The van der Waals surface area contributed by atoms with Crippen molar-refractivity contribution in [3.63, 3.8) is 0 Å². The van der Waals surface area contributed by atoms with E-state index in [0.717, 1.165) is 0 Å². The molecule has 0 aromatic carbocycles. The van der Waals surface area contributed by atoms with E-state index in [1.807, 2.05) is 0 Å². The van der Waals surface area contributed by atoms with E-state index < -0.39 is 120 Å². The quantitative estimate of drug-likeness (QED) is 0.0300. The molecule has 0 aliphatic rings. The number of unbranched alkanes of at least 4 members (excludes halogenated alkanes) is 2. The first-order chi connectivity index (χ1) is 30.5. The van der Waals surface area contributed by atoms with Crippen LogP contribution in [-0.2, 0) is 47.9 Å². The number of hydrogen-bond acceptors (Lipinski definition) is 15. The van der Waals surface area contributed by atoms with E-state index in [2.05, 4.69) is 37.2 Å². The third-order valence-electron chi connectivity index (χ3n) is 9.98. The molecule has 0 aromatic heterocycles. The Hall–Kier alpha value is -4.72. The molecule has 0 rings (SSSR count). The maximum absolute atomic E-state index is 13.6. The summed E-state index contributed by atoms with van der Waals surface area (Å²) in [5.41, 5.74) is 17.6. The predicted octanol–water partition coefficient (Wildman–Crippen LogP) is -2.18. The van der Waals surface area contributed by atoms with Crippen molar-refractivity contribution in [2.24, 2.45) is 29.0 Å². The Morgan fingerprint density at radius 2 is 0.815 bits per heavy atom. The van der Waals surface area contributed by atoms with Gasteiger partial charge in [-0.2, -0.15) is 23.5 Å². The van der Waals surface area contributed by atoms with Crippen LogP contribution in [0, 0.1) is 11.8 Å². The Balaban J connectivity index is 5.81. The van der Waals surface area contributed by atoms with Crippen LogP contribution in [0.2, 0.25) is 0 Å². The normalized spacial score (nSPS) is 14.9. The average Bonchev–Trinajstić information content (AvgIpc) is 3.23. The first-order valence-corrected chi connectivity index (χ1v) is 24.2. The summed E-state index contributed by atoms with van der Waals surface area (Å²) in [5, 5.41) is 45.8. The zero-order chi connectivity index (χ0) is 49.8. The monoisotopic (exact) mass is 964 g/mol. The summed E-state index contributed by atoms with van der Waals surface area (Å²) in [4.78, 5) is 127. The number of carboxylic acid groups (broad SMARTS) is 3. The highest BCUT2D eigenvalue weighted by molar-refractivity contribution is 7.98. The molecule has 65 heavy (non-hydrogen) atoms. The van der Waals surface area contributed by atoms with Crippen LogP contribution < -0.4 is 54.4 Å². The van der Waals surface area contributed by atoms with Gasteiger partial charge in [-0.05, 0) is 93.8 Å². The minimum atomic E-state index is -1.77. The molecule has 0 bridgehead atoms. The van der Waals surface area contributed by atoms with E-state index in [-0.39, 0.29) is 56.9 Å². The van der Waals surface area contributed by atoms with Gasteiger partial charge in [0, 0.05) is 6.54 Å². The maximum Gasteiger partial charge on any atom is 0.326 e. The number of nitrogens with one attached hydrogen (secondary N) is 7. The zero-order valence-corrected chi connectivity index (χ0v) is 39.8. The fourth-order valence-corrected chi connectivity index (χ4v) is 6.75. The number of carboxylic acids is 3. The number of hydrogen-bond donors (Lipinski definition) is 13. The van der Waals surface area contributed by atoms with Gasteiger partial charge in [0.15, 0.2) is 0 Å². The van der Waals surface area contributed by atoms with Crippen molar-refractivity contribution in [2.45, 2.75) is 140 Å². The number of amides is 7. The standard InChI is InChI=1S/C40H72N10O13S2/c1-21(2)31(42)37(58)47-23(11-7-9-15-41)33(54)45-25(13-17-64-5)35(56)49-27(39(60)61)19-29(51)44-16-10-8-12-24(48-38(59)32(43)22(3)4)34(55)46-26(14-18-65-6)36(57)50-28(40(62)63)20-30(52)53/h21-28,31-32H,7-20,41-43H2,1-6H3,(H,44,51)(H,45,54)(H,46,55)(H,47,58)(H,48,59)(H,49,56)(H,50,57)(H,52,53)(H,60,61)(H,62,63)/t23-,24-,25-,26-,27?,28-,31-,32-/m0/s1. The van der Waals surface area contributed by atoms with Crippen LogP contribution in [0.15, 0.2) is 0 Å². The van der Waals surface area contributed by atoms with E-state index in [1.165, 1.54) is 23.5 Å². The highest BCUT2D eigenvalue weighted by atomic mass is 32.2. The second kappa shape index (κ2) is 32.9. The van der Waals surface area contributed by atoms with Crippen molar-refractivity contribution >= 4 is 82.8 Å². The fourth-order valence-electron chi connectivity index (χ4n) is 5.80. The van der Waals surface area contributed by atoms with Gasteiger partial charge >= 0.3 is 17.9 Å². The van der Waals surface area contributed by atoms with Crippen molar-refractivity contribution in [3.05, 3.63) is 0 Å². The van der Waals surface area contributed by atoms with Crippen molar-refractivity contribution in [1.82, 2.24) is 37.2 Å². The molecule has 25 heteroatoms. The lowest BCUT2D eigenvalue weighted by Crippen LogP contribution is -2.58. The lowest BCUT2D eigenvalue weighted by atomic mass is 10.0. The molecule has 23 nitrogen and oxygen atoms in total. The molecule has 16 N–H and O–H groups in total. The SMILES string of the molecule is CSCC[C@H](NC(=O)[C@H](CCCCN)NC(=O)[C@@H](N)C(C)C)C(=O)NC(CC(=O)NCCCC[C@H](NC(=O)[C@@H](N)C(C)C)C(=O)N[C@@H](CCSC)C(=O)N[C@@H](CC(=O)O)C(=O)O)C(=O)O. The first-order valence-electron chi connectivity index (χ1n) is 21.5. The second-order valence-electron chi connectivity index (χ2n) is 16.1. The molecule has 0 fully saturated rings. The summed E-state index contributed by atoms with van der Waals surface area (Å²) >= 11 is 2.70. The van der Waals surface area contributed by atoms with E-state index in [1.54, 1.807) is 40.2 Å². The molecular weight excluding hydrogens is 893 g/mol. The smallest absolute Gasteiger partial charge is 0.326 e. The van der Waals surface area contributed by atoms with Crippen molar-refractivity contribution in [3.8, 4) is 0 Å². The van der Waals surface area contributed by atoms with Crippen LogP contribution in [0.5, 0.6) is 0 Å². The van der Waals surface area contributed by atoms with Gasteiger partial charge < -0.3 is 69.7 Å². The van der Waals surface area contributed by atoms with Crippen molar-refractivity contribution < 1.29 is 63.3 Å². The third kappa shape index (κ3) is 25.0. The Morgan fingerprint density at radius 1 is 0.477 bits per heavy atom. The van der Waals surface area contributed by atoms with E-state index in [4.69, 9.17) is 22.3 Å². The molecule has 0 aliphatic heterocycles. The second-order valence-corrected chi connectivity index (χ2v) is 18.0. The van der Waals surface area contributed by atoms with E-state index in [9.17, 15) is 58.2 Å². The molecule has 0 aliphatic carbocycles. The summed E-state index contributed by atoms with van der Waals surface area (Å²) < 4.78 is 0. The highest BCUT2D eigenvalue weighted by Crippen LogP contribution is 2.10. The van der Waals surface area contributed by atoms with Crippen LogP contribution >= 0.6 is 23.5 Å². The van der Waals surface area contributed by atoms with Crippen molar-refractivity contribution in [2.75, 3.05) is 37.1 Å². The Morgan fingerprint density at radius 3 is 1.15 bits per heavy atom. The van der Waals surface area contributed by atoms with Crippen LogP contribution in [0.3, 0.4) is 0 Å². The van der Waals surface area contributed by atoms with E-state index in [0.29, 0.717) is 30.9 Å². The first kappa shape index (κ1) is 60.3. The summed E-state index contributed by atoms with van der Waals surface area (Å²) in [5.74, 6) is -9.64. The molecule has 7 amide bonds. The molecule has 0 heterocycles. The summed E-state index contributed by atoms with van der Waals surface area (Å²) in [6.45, 7) is 7.22. The lowest BCUT2D eigenvalue weighted by Gasteiger charge is -2.26. The van der Waals surface area contributed by atoms with Gasteiger partial charge in [0.25, 0.3) is 0 Å². The van der Waals surface area contributed by atoms with Gasteiger partial charge in [-0.3, -0.25) is 38.4 Å². The molecule has 0 saturated carbocycles. The number of thioether (sulfide) groups is 2. The molecule has 0 saturated heterocycles. The summed E-state index contributed by atoms with van der Waals surface area (Å²) in [6.07, 6.45) is 3.69. The Kier molecular flexibility index (Phi) is 30.5. The molecule has 0 spiro atoms. The van der Waals surface area contributed by atoms with Gasteiger partial charge in [0.2, 0.25) is 41.4 Å². The molecule has 0 radical (unpaired) electrons. The number of nitrogens with two attached hydrogens (primary N) is 3. The summed E-state index contributed by atoms with van der Waals surface area (Å²) in [6, 6.07) is -10.2. The van der Waals surface area contributed by atoms with Crippen molar-refractivity contribution in [1.29, 1.82) is 0 Å². The van der Waals surface area contributed by atoms with Gasteiger partial charge in [-0.25, -0.2) is 9.59 Å². The number of rotatable bonds is 35. The van der Waals surface area contributed by atoms with Crippen LogP contribution in [0.1, 0.15) is 91.9 Å². The number of carbonyl (C=O) groups is 10. The topological polar surface area (TPSA) is 394 Å². The van der Waals surface area contributed by atoms with Gasteiger partial charge in [0.05, 0.1) is 24.9 Å². The fraction of sp³-hybridized carbons (Fsp3) is 0.750. The largest absolute Gasteiger partial charge is 0.481 e. The van der Waals surface area contributed by atoms with E-state index >= 15 is 0 Å². The number of carbonyl (C=O) groups excluding carboxylic acids is 7. The average molecular weight is 965 g/mol. The highest BCUT2D eigenvalue weighted by Gasteiger charge is 2.33. The molecule has 0 aromatic rings. The predicted molar refractivity (Wildman–Crippen MR) is 245 cm³/mol. The summed E-state index contributed by atoms with van der Waals surface area (Å²) in [7, 11) is 0. The van der Waals surface area contributed by atoms with Crippen LogP contribution in [0.4, 0.5) is 0 Å². The minimum Gasteiger partial charge on any atom is -0.481 e. The molecule has 8 atom stereocenters. The lowest BCUT2D eigenvalue weighted by molar-refractivity contribution is -0.147. The molecule has 1 unspecified atom stereocenters. The van der Waals surface area contributed by atoms with Crippen LogP contribution in [0.25, 0.3) is 0 Å². The zero-order valence-electron chi connectivity index (χ0n) is 38.1. The molecular formula is C40H72N10O13S2. The minimum absolute atomic E-state index is 0.0179. The number of aliphatic carboxylic acids is 3. The Labute approximate surface area is 388 Å². The van der Waals surface area contributed by atoms with Gasteiger partial charge in [-0.15, -0.1) is 0 Å². The third-order valence-corrected chi connectivity index (χ3v) is 11.3. The maximum atomic E-state index is 13.6. The Bertz CT molecular complexity index is 1590. The van der Waals surface area contributed by atoms with Crippen LogP contribution in [-0.4, -0.2) is 160 Å². The van der Waals surface area contributed by atoms with Gasteiger partial charge in [0.1, 0.15) is 36.3 Å².